The zero-order valence-corrected chi connectivity index (χ0v) is 13.4. The number of anilines is 2. The molecule has 1 saturated carbocycles. The summed E-state index contributed by atoms with van der Waals surface area (Å²) in [6.07, 6.45) is 3.87. The van der Waals surface area contributed by atoms with E-state index in [-0.39, 0.29) is 12.1 Å². The summed E-state index contributed by atoms with van der Waals surface area (Å²) < 4.78 is 1.79. The topological polar surface area (TPSA) is 101 Å². The minimum atomic E-state index is -0.340. The lowest BCUT2D eigenvalue weighted by Crippen LogP contribution is -2.33. The second kappa shape index (κ2) is 6.19. The van der Waals surface area contributed by atoms with Gasteiger partial charge in [0.25, 0.3) is 0 Å². The molecular weight excluding hydrogens is 296 g/mol. The quantitative estimate of drug-likeness (QED) is 0.863. The highest BCUT2D eigenvalue weighted by molar-refractivity contribution is 5.88. The van der Waals surface area contributed by atoms with Gasteiger partial charge in [0.2, 0.25) is 0 Å². The predicted molar refractivity (Wildman–Crippen MR) is 85.2 cm³/mol. The van der Waals surface area contributed by atoms with Gasteiger partial charge in [-0.05, 0) is 42.3 Å². The number of nitrogens with zero attached hydrogens (tertiary/aromatic N) is 6. The van der Waals surface area contributed by atoms with E-state index >= 15 is 0 Å². The highest BCUT2D eigenvalue weighted by Gasteiger charge is 2.29. The molecule has 2 aromatic rings. The van der Waals surface area contributed by atoms with Crippen molar-refractivity contribution in [3.8, 4) is 0 Å². The highest BCUT2D eigenvalue weighted by atomic mass is 16.2. The first kappa shape index (κ1) is 15.2. The molecule has 0 aromatic carbocycles. The Labute approximate surface area is 134 Å². The molecule has 2 N–H and O–H groups in total. The molecule has 2 amide bonds. The van der Waals surface area contributed by atoms with E-state index in [0.29, 0.717) is 17.7 Å². The van der Waals surface area contributed by atoms with Crippen molar-refractivity contribution >= 4 is 17.5 Å². The summed E-state index contributed by atoms with van der Waals surface area (Å²) in [5, 5.41) is 17.2. The minimum Gasteiger partial charge on any atom is -0.376 e. The molecule has 3 rings (SSSR count). The molecule has 1 aliphatic rings. The largest absolute Gasteiger partial charge is 0.376 e. The van der Waals surface area contributed by atoms with Crippen LogP contribution in [0.4, 0.5) is 16.3 Å². The molecule has 2 aromatic heterocycles. The van der Waals surface area contributed by atoms with Gasteiger partial charge >= 0.3 is 6.03 Å². The van der Waals surface area contributed by atoms with Crippen molar-refractivity contribution in [1.82, 2.24) is 30.5 Å². The number of nitrogens with one attached hydrogen (secondary N) is 2. The van der Waals surface area contributed by atoms with Crippen LogP contribution >= 0.6 is 0 Å². The monoisotopic (exact) mass is 316 g/mol. The molecule has 0 spiro atoms. The SMILES string of the molecule is CC(NC(=O)Nc1ccc(N(C)C)cn1)c1nnnn1C1CC1. The molecule has 23 heavy (non-hydrogen) atoms. The number of urea groups is 1. The summed E-state index contributed by atoms with van der Waals surface area (Å²) in [5.41, 5.74) is 0.966. The lowest BCUT2D eigenvalue weighted by Gasteiger charge is -2.15. The number of aromatic nitrogens is 5. The number of tetrazole rings is 1. The third-order valence-corrected chi connectivity index (χ3v) is 3.65. The van der Waals surface area contributed by atoms with Crippen molar-refractivity contribution in [2.45, 2.75) is 31.8 Å². The Morgan fingerprint density at radius 2 is 2.17 bits per heavy atom. The van der Waals surface area contributed by atoms with Gasteiger partial charge in [-0.3, -0.25) is 5.32 Å². The molecule has 1 atom stereocenters. The standard InChI is InChI=1S/C14H20N8O/c1-9(13-18-19-20-22(13)10-4-5-10)16-14(23)17-12-7-6-11(8-15-12)21(2)3/h6-10H,4-5H2,1-3H3,(H2,15,16,17,23). The molecule has 9 heteroatoms. The van der Waals surface area contributed by atoms with E-state index in [9.17, 15) is 4.79 Å². The number of rotatable bonds is 5. The van der Waals surface area contributed by atoms with Crippen LogP contribution in [0.1, 0.15) is 37.7 Å². The van der Waals surface area contributed by atoms with Crippen molar-refractivity contribution in [2.75, 3.05) is 24.3 Å². The molecule has 2 heterocycles. The Balaban J connectivity index is 1.59. The lowest BCUT2D eigenvalue weighted by molar-refractivity contribution is 0.248. The Hall–Kier alpha value is -2.71. The van der Waals surface area contributed by atoms with E-state index < -0.39 is 0 Å². The van der Waals surface area contributed by atoms with Crippen LogP contribution in [0.5, 0.6) is 0 Å². The van der Waals surface area contributed by atoms with Gasteiger partial charge in [-0.1, -0.05) is 0 Å². The average molecular weight is 316 g/mol. The van der Waals surface area contributed by atoms with Gasteiger partial charge < -0.3 is 10.2 Å². The van der Waals surface area contributed by atoms with Gasteiger partial charge in [0.1, 0.15) is 5.82 Å². The number of hydrogen-bond acceptors (Lipinski definition) is 6. The molecule has 9 nitrogen and oxygen atoms in total. The maximum absolute atomic E-state index is 12.1. The van der Waals surface area contributed by atoms with Gasteiger partial charge in [-0.15, -0.1) is 5.10 Å². The fourth-order valence-electron chi connectivity index (χ4n) is 2.20. The predicted octanol–water partition coefficient (Wildman–Crippen LogP) is 1.35. The first-order chi connectivity index (χ1) is 11.0. The number of amides is 2. The second-order valence-electron chi connectivity index (χ2n) is 5.83. The van der Waals surface area contributed by atoms with E-state index in [1.54, 1.807) is 16.9 Å². The molecule has 1 fully saturated rings. The smallest absolute Gasteiger partial charge is 0.320 e. The van der Waals surface area contributed by atoms with Crippen LogP contribution in [0.3, 0.4) is 0 Å². The zero-order chi connectivity index (χ0) is 16.4. The maximum atomic E-state index is 12.1. The minimum absolute atomic E-state index is 0.286. The fourth-order valence-corrected chi connectivity index (χ4v) is 2.20. The van der Waals surface area contributed by atoms with Crippen LogP contribution < -0.4 is 15.5 Å². The number of carbonyl (C=O) groups is 1. The van der Waals surface area contributed by atoms with E-state index in [0.717, 1.165) is 18.5 Å². The first-order valence-electron chi connectivity index (χ1n) is 7.53. The third kappa shape index (κ3) is 3.55. The summed E-state index contributed by atoms with van der Waals surface area (Å²) in [4.78, 5) is 18.2. The Bertz CT molecular complexity index is 676. The van der Waals surface area contributed by atoms with E-state index in [1.165, 1.54) is 0 Å². The number of pyridine rings is 1. The molecule has 0 radical (unpaired) electrons. The first-order valence-corrected chi connectivity index (χ1v) is 7.53. The van der Waals surface area contributed by atoms with Crippen LogP contribution in [0, 0.1) is 0 Å². The van der Waals surface area contributed by atoms with Crippen LogP contribution in [0.25, 0.3) is 0 Å². The van der Waals surface area contributed by atoms with Gasteiger partial charge in [0, 0.05) is 14.1 Å². The van der Waals surface area contributed by atoms with Crippen LogP contribution in [-0.2, 0) is 0 Å². The Kier molecular flexibility index (Phi) is 4.09. The van der Waals surface area contributed by atoms with Crippen molar-refractivity contribution in [3.63, 3.8) is 0 Å². The summed E-state index contributed by atoms with van der Waals surface area (Å²) in [6, 6.07) is 3.39. The van der Waals surface area contributed by atoms with Gasteiger partial charge in [0.15, 0.2) is 5.82 Å². The van der Waals surface area contributed by atoms with Gasteiger partial charge in [0.05, 0.1) is 24.0 Å². The van der Waals surface area contributed by atoms with Gasteiger partial charge in [-0.25, -0.2) is 14.5 Å². The van der Waals surface area contributed by atoms with Gasteiger partial charge in [-0.2, -0.15) is 0 Å². The number of carbonyl (C=O) groups excluding carboxylic acids is 1. The molecule has 1 unspecified atom stereocenters. The van der Waals surface area contributed by atoms with Crippen molar-refractivity contribution in [1.29, 1.82) is 0 Å². The summed E-state index contributed by atoms with van der Waals surface area (Å²) >= 11 is 0. The summed E-state index contributed by atoms with van der Waals surface area (Å²) in [7, 11) is 3.87. The third-order valence-electron chi connectivity index (χ3n) is 3.65. The number of hydrogen-bond donors (Lipinski definition) is 2. The van der Waals surface area contributed by atoms with Crippen molar-refractivity contribution < 1.29 is 4.79 Å². The normalized spacial score (nSPS) is 15.1. The molecule has 0 bridgehead atoms. The lowest BCUT2D eigenvalue weighted by atomic mass is 10.3. The molecule has 1 aliphatic carbocycles. The summed E-state index contributed by atoms with van der Waals surface area (Å²) in [6.45, 7) is 1.85. The second-order valence-corrected chi connectivity index (χ2v) is 5.83. The van der Waals surface area contributed by atoms with Crippen molar-refractivity contribution in [3.05, 3.63) is 24.2 Å². The van der Waals surface area contributed by atoms with Crippen LogP contribution in [0.2, 0.25) is 0 Å². The zero-order valence-electron chi connectivity index (χ0n) is 13.4. The molecule has 0 saturated heterocycles. The average Bonchev–Trinajstić information content (AvgIpc) is 3.24. The summed E-state index contributed by atoms with van der Waals surface area (Å²) in [5.74, 6) is 1.15. The Morgan fingerprint density at radius 1 is 1.39 bits per heavy atom. The van der Waals surface area contributed by atoms with E-state index in [2.05, 4.69) is 31.1 Å². The molecular formula is C14H20N8O. The van der Waals surface area contributed by atoms with E-state index in [4.69, 9.17) is 0 Å². The Morgan fingerprint density at radius 3 is 2.78 bits per heavy atom. The van der Waals surface area contributed by atoms with Crippen molar-refractivity contribution in [2.24, 2.45) is 0 Å². The molecule has 0 aliphatic heterocycles. The van der Waals surface area contributed by atoms with Crippen LogP contribution in [0.15, 0.2) is 18.3 Å². The highest BCUT2D eigenvalue weighted by Crippen LogP contribution is 2.35. The van der Waals surface area contributed by atoms with Crippen LogP contribution in [-0.4, -0.2) is 45.3 Å². The fraction of sp³-hybridized carbons (Fsp3) is 0.500. The van der Waals surface area contributed by atoms with E-state index in [1.807, 2.05) is 32.0 Å². The maximum Gasteiger partial charge on any atom is 0.320 e. The molecule has 122 valence electrons.